The predicted octanol–water partition coefficient (Wildman–Crippen LogP) is 4.75. The second-order valence-electron chi connectivity index (χ2n) is 10.2. The fourth-order valence-electron chi connectivity index (χ4n) is 4.14. The van der Waals surface area contributed by atoms with Crippen LogP contribution >= 0.6 is 0 Å². The number of alkyl halides is 3. The smallest absolute Gasteiger partial charge is 0.343 e. The molecule has 0 saturated carbocycles. The molecule has 2 aromatic rings. The molecule has 3 N–H and O–H groups in total. The fraction of sp³-hybridized carbons (Fsp3) is 0.481. The molecule has 0 aliphatic rings. The van der Waals surface area contributed by atoms with Crippen LogP contribution in [0.15, 0.2) is 54.7 Å². The number of aryl methyl sites for hydroxylation is 1. The average Bonchev–Trinajstić information content (AvgIpc) is 2.85. The van der Waals surface area contributed by atoms with Crippen molar-refractivity contribution in [3.05, 3.63) is 60.3 Å². The summed E-state index contributed by atoms with van der Waals surface area (Å²) in [6.45, 7) is 5.18. The van der Waals surface area contributed by atoms with Gasteiger partial charge in [-0.15, -0.1) is 0 Å². The van der Waals surface area contributed by atoms with Crippen molar-refractivity contribution in [2.24, 2.45) is 11.3 Å². The first-order valence-corrected chi connectivity index (χ1v) is 12.4. The van der Waals surface area contributed by atoms with Crippen LogP contribution in [0.4, 0.5) is 19.0 Å². The zero-order valence-electron chi connectivity index (χ0n) is 21.7. The highest BCUT2D eigenvalue weighted by Crippen LogP contribution is 2.29. The van der Waals surface area contributed by atoms with Crippen LogP contribution in [0.2, 0.25) is 0 Å². The molecule has 0 aliphatic carbocycles. The summed E-state index contributed by atoms with van der Waals surface area (Å²) < 4.78 is 39.2. The molecule has 0 saturated heterocycles. The Hall–Kier alpha value is -3.47. The molecule has 11 heteroatoms. The van der Waals surface area contributed by atoms with Crippen molar-refractivity contribution >= 4 is 24.0 Å². The van der Waals surface area contributed by atoms with Crippen LogP contribution in [0.25, 0.3) is 0 Å². The summed E-state index contributed by atoms with van der Waals surface area (Å²) >= 11 is 0. The summed E-state index contributed by atoms with van der Waals surface area (Å²) in [6, 6.07) is 11.7. The molecule has 0 spiro atoms. The van der Waals surface area contributed by atoms with E-state index in [1.807, 2.05) is 30.3 Å². The normalized spacial score (nSPS) is 14.2. The molecule has 3 atom stereocenters. The van der Waals surface area contributed by atoms with Crippen molar-refractivity contribution in [2.75, 3.05) is 5.32 Å². The molecule has 1 aromatic carbocycles. The van der Waals surface area contributed by atoms with Gasteiger partial charge < -0.3 is 10.6 Å². The minimum absolute atomic E-state index is 0.00641. The van der Waals surface area contributed by atoms with Gasteiger partial charge >= 0.3 is 6.18 Å². The molecule has 1 heterocycles. The summed E-state index contributed by atoms with van der Waals surface area (Å²) in [5.74, 6) is -2.23. The number of halogens is 3. The second kappa shape index (κ2) is 13.9. The fourth-order valence-corrected chi connectivity index (χ4v) is 4.14. The molecule has 0 bridgehead atoms. The molecule has 38 heavy (non-hydrogen) atoms. The van der Waals surface area contributed by atoms with Gasteiger partial charge in [0.1, 0.15) is 11.9 Å². The van der Waals surface area contributed by atoms with E-state index in [0.717, 1.165) is 5.56 Å². The van der Waals surface area contributed by atoms with Crippen LogP contribution in [-0.4, -0.2) is 51.7 Å². The average molecular weight is 537 g/mol. The Morgan fingerprint density at radius 3 is 2.24 bits per heavy atom. The van der Waals surface area contributed by atoms with Gasteiger partial charge in [0, 0.05) is 12.6 Å². The Balaban J connectivity index is 2.29. The van der Waals surface area contributed by atoms with Crippen LogP contribution in [0.3, 0.4) is 0 Å². The van der Waals surface area contributed by atoms with Crippen LogP contribution in [0.1, 0.15) is 52.0 Å². The number of carbonyl (C=O) groups is 3. The maximum atomic E-state index is 13.5. The Kier molecular flexibility index (Phi) is 11.2. The molecule has 0 fully saturated rings. The van der Waals surface area contributed by atoms with Crippen molar-refractivity contribution in [2.45, 2.75) is 71.1 Å². The number of anilines is 1. The number of pyridine rings is 1. The van der Waals surface area contributed by atoms with E-state index in [2.05, 4.69) is 15.6 Å². The zero-order valence-corrected chi connectivity index (χ0v) is 21.7. The summed E-state index contributed by atoms with van der Waals surface area (Å²) in [5.41, 5.74) is 0.186. The van der Waals surface area contributed by atoms with Gasteiger partial charge in [-0.1, -0.05) is 57.2 Å². The highest BCUT2D eigenvalue weighted by Gasteiger charge is 2.40. The van der Waals surface area contributed by atoms with Crippen molar-refractivity contribution in [1.29, 1.82) is 0 Å². The molecule has 0 radical (unpaired) electrons. The largest absolute Gasteiger partial charge is 0.389 e. The molecule has 1 aromatic heterocycles. The number of hydroxylamine groups is 2. The molecular formula is C27H35F3N4O4. The predicted molar refractivity (Wildman–Crippen MR) is 136 cm³/mol. The van der Waals surface area contributed by atoms with Gasteiger partial charge in [0.2, 0.25) is 18.2 Å². The van der Waals surface area contributed by atoms with E-state index in [0.29, 0.717) is 12.8 Å². The monoisotopic (exact) mass is 536 g/mol. The Bertz CT molecular complexity index is 1030. The highest BCUT2D eigenvalue weighted by molar-refractivity contribution is 5.97. The Morgan fingerprint density at radius 2 is 1.68 bits per heavy atom. The molecule has 8 nitrogen and oxygen atoms in total. The maximum absolute atomic E-state index is 13.5. The number of amides is 3. The summed E-state index contributed by atoms with van der Waals surface area (Å²) in [7, 11) is 0. The van der Waals surface area contributed by atoms with Crippen molar-refractivity contribution in [1.82, 2.24) is 15.4 Å². The minimum atomic E-state index is -4.55. The lowest BCUT2D eigenvalue weighted by molar-refractivity contribution is -0.178. The van der Waals surface area contributed by atoms with Crippen LogP contribution < -0.4 is 10.6 Å². The van der Waals surface area contributed by atoms with E-state index in [1.54, 1.807) is 39.0 Å². The summed E-state index contributed by atoms with van der Waals surface area (Å²) in [6.07, 6.45) is -4.03. The molecule has 0 unspecified atom stereocenters. The number of nitrogens with zero attached hydrogens (tertiary/aromatic N) is 2. The van der Waals surface area contributed by atoms with E-state index >= 15 is 0 Å². The van der Waals surface area contributed by atoms with Gasteiger partial charge in [0.15, 0.2) is 0 Å². The molecule has 0 aliphatic heterocycles. The Labute approximate surface area is 220 Å². The number of aromatic nitrogens is 1. The second-order valence-corrected chi connectivity index (χ2v) is 10.2. The lowest BCUT2D eigenvalue weighted by Crippen LogP contribution is -2.55. The van der Waals surface area contributed by atoms with Gasteiger partial charge in [-0.25, -0.2) is 10.0 Å². The van der Waals surface area contributed by atoms with Crippen molar-refractivity contribution in [3.63, 3.8) is 0 Å². The topological polar surface area (TPSA) is 112 Å². The standard InChI is InChI=1S/C27H35F3N4O4/c1-26(2,3)23(25(37)32-22-14-7-8-17-31-22)33-24(36)20(13-9-12-19-10-5-4-6-11-19)21(34(38)18-35)15-16-27(28,29)30/h4-8,10-11,14,17-18,20-21,23,38H,9,12-13,15-16H2,1-3H3,(H,33,36)(H,31,32,37)/t20-,21+,23-/m1/s1. The SMILES string of the molecule is CC(C)(C)[C@H](NC(=O)[C@H](CCCc1ccccc1)[C@H](CCC(F)(F)F)N(O)C=O)C(=O)Nc1ccccn1. The van der Waals surface area contributed by atoms with Gasteiger partial charge in [-0.05, 0) is 48.8 Å². The third kappa shape index (κ3) is 10.1. The lowest BCUT2D eigenvalue weighted by Gasteiger charge is -2.35. The molecular weight excluding hydrogens is 501 g/mol. The van der Waals surface area contributed by atoms with Gasteiger partial charge in [0.25, 0.3) is 0 Å². The van der Waals surface area contributed by atoms with Gasteiger partial charge in [0.05, 0.1) is 12.0 Å². The number of nitrogens with one attached hydrogen (secondary N) is 2. The van der Waals surface area contributed by atoms with E-state index in [1.165, 1.54) is 6.20 Å². The highest BCUT2D eigenvalue weighted by atomic mass is 19.4. The van der Waals surface area contributed by atoms with Crippen LogP contribution in [-0.2, 0) is 20.8 Å². The summed E-state index contributed by atoms with van der Waals surface area (Å²) in [5, 5.41) is 15.6. The van der Waals surface area contributed by atoms with E-state index in [-0.39, 0.29) is 23.7 Å². The molecule has 208 valence electrons. The quantitative estimate of drug-likeness (QED) is 0.194. The number of rotatable bonds is 13. The lowest BCUT2D eigenvalue weighted by atomic mass is 9.84. The van der Waals surface area contributed by atoms with E-state index in [9.17, 15) is 32.8 Å². The van der Waals surface area contributed by atoms with Gasteiger partial charge in [-0.3, -0.25) is 19.6 Å². The van der Waals surface area contributed by atoms with Gasteiger partial charge in [-0.2, -0.15) is 13.2 Å². The number of hydrogen-bond donors (Lipinski definition) is 3. The first-order valence-electron chi connectivity index (χ1n) is 12.4. The van der Waals surface area contributed by atoms with E-state index < -0.39 is 54.2 Å². The Morgan fingerprint density at radius 1 is 1.03 bits per heavy atom. The number of carbonyl (C=O) groups excluding carboxylic acids is 3. The summed E-state index contributed by atoms with van der Waals surface area (Å²) in [4.78, 5) is 42.1. The molecule has 3 amide bonds. The number of benzene rings is 1. The van der Waals surface area contributed by atoms with Crippen LogP contribution in [0.5, 0.6) is 0 Å². The maximum Gasteiger partial charge on any atom is 0.389 e. The third-order valence-corrected chi connectivity index (χ3v) is 6.13. The first-order chi connectivity index (χ1) is 17.8. The third-order valence-electron chi connectivity index (χ3n) is 6.13. The molecule has 2 rings (SSSR count). The minimum Gasteiger partial charge on any atom is -0.343 e. The van der Waals surface area contributed by atoms with E-state index in [4.69, 9.17) is 0 Å². The van der Waals surface area contributed by atoms with Crippen molar-refractivity contribution in [3.8, 4) is 0 Å². The zero-order chi connectivity index (χ0) is 28.3. The number of hydrogen-bond acceptors (Lipinski definition) is 5. The first kappa shape index (κ1) is 30.8. The van der Waals surface area contributed by atoms with Crippen LogP contribution in [0, 0.1) is 11.3 Å². The van der Waals surface area contributed by atoms with Crippen molar-refractivity contribution < 1.29 is 32.8 Å².